The molecule has 3 aromatic rings. The third-order valence-electron chi connectivity index (χ3n) is 4.42. The van der Waals surface area contributed by atoms with Gasteiger partial charge in [0.15, 0.2) is 11.5 Å². The first-order chi connectivity index (χ1) is 15.2. The van der Waals surface area contributed by atoms with Crippen LogP contribution in [0.25, 0.3) is 11.3 Å². The molecule has 162 valence electrons. The van der Waals surface area contributed by atoms with Gasteiger partial charge in [-0.1, -0.05) is 0 Å². The Morgan fingerprint density at radius 3 is 2.13 bits per heavy atom. The molecule has 1 aromatic carbocycles. The van der Waals surface area contributed by atoms with Crippen LogP contribution in [-0.4, -0.2) is 35.7 Å². The number of nitrogens with zero attached hydrogens (tertiary/aromatic N) is 2. The van der Waals surface area contributed by atoms with Gasteiger partial charge in [0, 0.05) is 36.3 Å². The summed E-state index contributed by atoms with van der Waals surface area (Å²) in [6, 6.07) is 11.0. The first kappa shape index (κ1) is 22.1. The molecule has 0 aliphatic rings. The monoisotopic (exact) mass is 421 g/mol. The smallest absolute Gasteiger partial charge is 0.251 e. The highest BCUT2D eigenvalue weighted by Gasteiger charge is 2.18. The first-order valence-electron chi connectivity index (χ1n) is 10.4. The van der Waals surface area contributed by atoms with Gasteiger partial charge in [-0.2, -0.15) is 0 Å². The van der Waals surface area contributed by atoms with E-state index in [2.05, 4.69) is 15.3 Å². The van der Waals surface area contributed by atoms with Gasteiger partial charge in [0.2, 0.25) is 5.75 Å². The number of pyridine rings is 2. The van der Waals surface area contributed by atoms with Crippen molar-refractivity contribution in [3.05, 3.63) is 66.1 Å². The van der Waals surface area contributed by atoms with E-state index in [1.54, 1.807) is 30.7 Å². The number of ether oxygens (including phenoxy) is 3. The zero-order valence-corrected chi connectivity index (χ0v) is 18.1. The predicted octanol–water partition coefficient (Wildman–Crippen LogP) is 4.27. The average molecular weight is 421 g/mol. The van der Waals surface area contributed by atoms with E-state index in [-0.39, 0.29) is 5.91 Å². The molecule has 0 atom stereocenters. The summed E-state index contributed by atoms with van der Waals surface area (Å²) in [5.41, 5.74) is 3.18. The van der Waals surface area contributed by atoms with Gasteiger partial charge in [0.05, 0.1) is 25.5 Å². The maximum absolute atomic E-state index is 12.9. The molecule has 1 amide bonds. The van der Waals surface area contributed by atoms with Gasteiger partial charge < -0.3 is 19.5 Å². The van der Waals surface area contributed by atoms with Crippen LogP contribution in [-0.2, 0) is 6.54 Å². The summed E-state index contributed by atoms with van der Waals surface area (Å²) in [5, 5.41) is 2.95. The molecule has 0 saturated carbocycles. The van der Waals surface area contributed by atoms with E-state index >= 15 is 0 Å². The minimum atomic E-state index is -0.229. The second kappa shape index (κ2) is 11.0. The fourth-order valence-electron chi connectivity index (χ4n) is 3.07. The Labute approximate surface area is 182 Å². The van der Waals surface area contributed by atoms with Crippen LogP contribution in [0.4, 0.5) is 0 Å². The number of rotatable bonds is 10. The molecule has 2 heterocycles. The SMILES string of the molecule is CCOc1cc(C(=O)NCc2ccnc(-c3ccncc3)c2)cc(OCC)c1OCC. The normalized spacial score (nSPS) is 10.4. The summed E-state index contributed by atoms with van der Waals surface area (Å²) in [5.74, 6) is 1.26. The highest BCUT2D eigenvalue weighted by molar-refractivity contribution is 5.95. The number of hydrogen-bond donors (Lipinski definition) is 1. The van der Waals surface area contributed by atoms with E-state index in [1.807, 2.05) is 45.0 Å². The van der Waals surface area contributed by atoms with Crippen molar-refractivity contribution in [3.63, 3.8) is 0 Å². The lowest BCUT2D eigenvalue weighted by atomic mass is 10.1. The van der Waals surface area contributed by atoms with Crippen molar-refractivity contribution in [2.45, 2.75) is 27.3 Å². The second-order valence-electron chi connectivity index (χ2n) is 6.57. The molecule has 3 rings (SSSR count). The molecule has 7 nitrogen and oxygen atoms in total. The van der Waals surface area contributed by atoms with Gasteiger partial charge in [-0.05, 0) is 62.7 Å². The van der Waals surface area contributed by atoms with E-state index in [9.17, 15) is 4.79 Å². The summed E-state index contributed by atoms with van der Waals surface area (Å²) in [7, 11) is 0. The molecule has 0 radical (unpaired) electrons. The lowest BCUT2D eigenvalue weighted by Gasteiger charge is -2.17. The summed E-state index contributed by atoms with van der Waals surface area (Å²) in [6.45, 7) is 7.38. The molecule has 0 fully saturated rings. The third-order valence-corrected chi connectivity index (χ3v) is 4.42. The van der Waals surface area contributed by atoms with Crippen LogP contribution >= 0.6 is 0 Å². The molecule has 0 unspecified atom stereocenters. The van der Waals surface area contributed by atoms with E-state index in [1.165, 1.54) is 0 Å². The molecule has 0 spiro atoms. The highest BCUT2D eigenvalue weighted by atomic mass is 16.5. The maximum atomic E-state index is 12.9. The van der Waals surface area contributed by atoms with E-state index in [0.29, 0.717) is 49.2 Å². The van der Waals surface area contributed by atoms with Gasteiger partial charge in [-0.25, -0.2) is 0 Å². The lowest BCUT2D eigenvalue weighted by molar-refractivity contribution is 0.0949. The minimum Gasteiger partial charge on any atom is -0.490 e. The van der Waals surface area contributed by atoms with Crippen molar-refractivity contribution >= 4 is 5.91 Å². The van der Waals surface area contributed by atoms with Gasteiger partial charge in [0.1, 0.15) is 0 Å². The van der Waals surface area contributed by atoms with Gasteiger partial charge >= 0.3 is 0 Å². The van der Waals surface area contributed by atoms with Crippen LogP contribution in [0.2, 0.25) is 0 Å². The van der Waals surface area contributed by atoms with Crippen LogP contribution < -0.4 is 19.5 Å². The third kappa shape index (κ3) is 5.72. The number of benzene rings is 1. The molecule has 0 saturated heterocycles. The fourth-order valence-corrected chi connectivity index (χ4v) is 3.07. The Balaban J connectivity index is 1.78. The summed E-state index contributed by atoms with van der Waals surface area (Å²) in [6.07, 6.45) is 5.18. The first-order valence-corrected chi connectivity index (χ1v) is 10.4. The summed E-state index contributed by atoms with van der Waals surface area (Å²) in [4.78, 5) is 21.3. The number of carbonyl (C=O) groups excluding carboxylic acids is 1. The van der Waals surface area contributed by atoms with Crippen molar-refractivity contribution in [2.24, 2.45) is 0 Å². The van der Waals surface area contributed by atoms with Crippen molar-refractivity contribution in [1.82, 2.24) is 15.3 Å². The van der Waals surface area contributed by atoms with Crippen molar-refractivity contribution in [2.75, 3.05) is 19.8 Å². The number of aromatic nitrogens is 2. The van der Waals surface area contributed by atoms with E-state index < -0.39 is 0 Å². The fraction of sp³-hybridized carbons (Fsp3) is 0.292. The Bertz CT molecular complexity index is 982. The molecule has 31 heavy (non-hydrogen) atoms. The number of nitrogens with one attached hydrogen (secondary N) is 1. The number of hydrogen-bond acceptors (Lipinski definition) is 6. The molecular formula is C24H27N3O4. The Morgan fingerprint density at radius 2 is 1.52 bits per heavy atom. The van der Waals surface area contributed by atoms with Crippen LogP contribution in [0.5, 0.6) is 17.2 Å². The van der Waals surface area contributed by atoms with Crippen molar-refractivity contribution < 1.29 is 19.0 Å². The molecule has 0 aliphatic carbocycles. The zero-order valence-electron chi connectivity index (χ0n) is 18.1. The standard InChI is InChI=1S/C24H27N3O4/c1-4-29-21-14-19(15-22(30-5-2)23(21)31-6-3)24(28)27-16-17-7-12-26-20(13-17)18-8-10-25-11-9-18/h7-15H,4-6,16H2,1-3H3,(H,27,28). The quantitative estimate of drug-likeness (QED) is 0.526. The van der Waals surface area contributed by atoms with E-state index in [0.717, 1.165) is 16.8 Å². The van der Waals surface area contributed by atoms with Gasteiger partial charge in [-0.3, -0.25) is 14.8 Å². The highest BCUT2D eigenvalue weighted by Crippen LogP contribution is 2.39. The summed E-state index contributed by atoms with van der Waals surface area (Å²) >= 11 is 0. The Kier molecular flexibility index (Phi) is 7.81. The molecule has 7 heteroatoms. The van der Waals surface area contributed by atoms with E-state index in [4.69, 9.17) is 14.2 Å². The minimum absolute atomic E-state index is 0.229. The molecular weight excluding hydrogens is 394 g/mol. The molecule has 0 aliphatic heterocycles. The average Bonchev–Trinajstić information content (AvgIpc) is 2.80. The van der Waals surface area contributed by atoms with Gasteiger partial charge in [0.25, 0.3) is 5.91 Å². The largest absolute Gasteiger partial charge is 0.490 e. The molecule has 2 aromatic heterocycles. The molecule has 0 bridgehead atoms. The topological polar surface area (TPSA) is 82.6 Å². The maximum Gasteiger partial charge on any atom is 0.251 e. The number of carbonyl (C=O) groups is 1. The van der Waals surface area contributed by atoms with Crippen LogP contribution in [0.1, 0.15) is 36.7 Å². The van der Waals surface area contributed by atoms with Crippen molar-refractivity contribution in [1.29, 1.82) is 0 Å². The molecule has 1 N–H and O–H groups in total. The van der Waals surface area contributed by atoms with Crippen LogP contribution in [0, 0.1) is 0 Å². The van der Waals surface area contributed by atoms with Gasteiger partial charge in [-0.15, -0.1) is 0 Å². The Morgan fingerprint density at radius 1 is 0.871 bits per heavy atom. The van der Waals surface area contributed by atoms with Crippen molar-refractivity contribution in [3.8, 4) is 28.5 Å². The second-order valence-corrected chi connectivity index (χ2v) is 6.57. The summed E-state index contributed by atoms with van der Waals surface area (Å²) < 4.78 is 17.1. The Hall–Kier alpha value is -3.61. The van der Waals surface area contributed by atoms with Crippen LogP contribution in [0.15, 0.2) is 55.0 Å². The number of amides is 1. The lowest BCUT2D eigenvalue weighted by Crippen LogP contribution is -2.23. The predicted molar refractivity (Wildman–Crippen MR) is 119 cm³/mol. The zero-order chi connectivity index (χ0) is 22.1. The van der Waals surface area contributed by atoms with Crippen LogP contribution in [0.3, 0.4) is 0 Å².